The zero-order valence-corrected chi connectivity index (χ0v) is 15.1. The lowest BCUT2D eigenvalue weighted by Crippen LogP contribution is -2.22. The van der Waals surface area contributed by atoms with Crippen LogP contribution in [-0.4, -0.2) is 19.3 Å². The molecule has 0 bridgehead atoms. The Morgan fingerprint density at radius 2 is 1.92 bits per heavy atom. The van der Waals surface area contributed by atoms with Gasteiger partial charge in [-0.2, -0.15) is 0 Å². The van der Waals surface area contributed by atoms with Gasteiger partial charge >= 0.3 is 0 Å². The number of carbonyl (C=O) groups excluding carboxylic acids is 1. The van der Waals surface area contributed by atoms with Gasteiger partial charge in [0.15, 0.2) is 5.13 Å². The van der Waals surface area contributed by atoms with Gasteiger partial charge in [-0.05, 0) is 23.5 Å². The molecule has 0 fully saturated rings. The molecule has 3 rings (SSSR count). The highest BCUT2D eigenvalue weighted by atomic mass is 32.2. The number of benzene rings is 1. The number of hydrogen-bond acceptors (Lipinski definition) is 5. The Balaban J connectivity index is 1.80. The minimum absolute atomic E-state index is 0.0136. The number of thiazole rings is 1. The zero-order chi connectivity index (χ0) is 17.6. The summed E-state index contributed by atoms with van der Waals surface area (Å²) < 4.78 is 21.7. The molecule has 1 atom stereocenters. The van der Waals surface area contributed by atoms with Crippen LogP contribution >= 0.6 is 11.3 Å². The minimum atomic E-state index is -2.46. The van der Waals surface area contributed by atoms with Gasteiger partial charge in [-0.25, -0.2) is 13.4 Å². The van der Waals surface area contributed by atoms with Crippen molar-refractivity contribution in [2.45, 2.75) is 18.1 Å². The Bertz CT molecular complexity index is 833. The summed E-state index contributed by atoms with van der Waals surface area (Å²) in [6.45, 7) is 0. The fraction of sp³-hybridized carbons (Fsp3) is 0.222. The van der Waals surface area contributed by atoms with E-state index < -0.39 is 10.7 Å². The molecule has 0 saturated carbocycles. The Morgan fingerprint density at radius 3 is 2.52 bits per heavy atom. The number of anilines is 1. The van der Waals surface area contributed by atoms with Gasteiger partial charge in [0.2, 0.25) is 5.91 Å². The van der Waals surface area contributed by atoms with Crippen molar-refractivity contribution in [2.75, 3.05) is 5.32 Å². The first-order valence-electron chi connectivity index (χ1n) is 7.88. The lowest BCUT2D eigenvalue weighted by atomic mass is 9.88. The highest BCUT2D eigenvalue weighted by molar-refractivity contribution is 7.71. The van der Waals surface area contributed by atoms with Crippen LogP contribution in [-0.2, 0) is 21.3 Å². The molecule has 2 aromatic rings. The van der Waals surface area contributed by atoms with Crippen LogP contribution in [0.3, 0.4) is 0 Å². The summed E-state index contributed by atoms with van der Waals surface area (Å²) in [4.78, 5) is 16.9. The first kappa shape index (κ1) is 17.6. The number of carbonyl (C=O) groups is 1. The van der Waals surface area contributed by atoms with Crippen LogP contribution in [0.2, 0.25) is 0 Å². The molecule has 0 aliphatic heterocycles. The molecule has 25 heavy (non-hydrogen) atoms. The summed E-state index contributed by atoms with van der Waals surface area (Å²) in [7, 11) is -2.46. The number of allylic oxidation sites excluding steroid dienone is 4. The van der Waals surface area contributed by atoms with E-state index in [9.17, 15) is 13.2 Å². The molecule has 130 valence electrons. The summed E-state index contributed by atoms with van der Waals surface area (Å²) >= 11 is 1.38. The third kappa shape index (κ3) is 4.87. The Hall–Kier alpha value is -2.25. The number of thiol groups is 1. The van der Waals surface area contributed by atoms with Crippen molar-refractivity contribution >= 4 is 33.1 Å². The first-order chi connectivity index (χ1) is 12.1. The third-order valence-corrected chi connectivity index (χ3v) is 5.32. The van der Waals surface area contributed by atoms with Crippen LogP contribution in [0.5, 0.6) is 0 Å². The van der Waals surface area contributed by atoms with Crippen molar-refractivity contribution in [3.8, 4) is 0 Å². The molecule has 5 nitrogen and oxygen atoms in total. The standard InChI is InChI=1S/C18H18N2O3S2/c21-17(20-18-19-9-10-24-18)16(11-13-3-1-2-4-13)15-7-5-14(6-8-15)12-25(22)23/h1-10,13,16,25H,11-12H2,(H,19,20,21). The lowest BCUT2D eigenvalue weighted by molar-refractivity contribution is -0.117. The Kier molecular flexibility index (Phi) is 5.78. The summed E-state index contributed by atoms with van der Waals surface area (Å²) in [5, 5.41) is 5.25. The van der Waals surface area contributed by atoms with E-state index in [2.05, 4.69) is 22.5 Å². The monoisotopic (exact) mass is 374 g/mol. The molecular formula is C18H18N2O3S2. The number of nitrogens with one attached hydrogen (secondary N) is 1. The fourth-order valence-corrected chi connectivity index (χ4v) is 3.82. The maximum absolute atomic E-state index is 12.8. The minimum Gasteiger partial charge on any atom is -0.301 e. The van der Waals surface area contributed by atoms with Crippen LogP contribution in [0, 0.1) is 5.92 Å². The average Bonchev–Trinajstić information content (AvgIpc) is 3.26. The molecule has 0 saturated heterocycles. The van der Waals surface area contributed by atoms with Gasteiger partial charge in [0.1, 0.15) is 10.7 Å². The van der Waals surface area contributed by atoms with E-state index in [1.807, 2.05) is 29.7 Å². The second-order valence-electron chi connectivity index (χ2n) is 5.78. The van der Waals surface area contributed by atoms with Gasteiger partial charge in [0.25, 0.3) is 0 Å². The second-order valence-corrected chi connectivity index (χ2v) is 7.66. The molecule has 1 aromatic carbocycles. The van der Waals surface area contributed by atoms with Crippen LogP contribution in [0.25, 0.3) is 0 Å². The van der Waals surface area contributed by atoms with Crippen molar-refractivity contribution in [3.05, 3.63) is 71.3 Å². The maximum atomic E-state index is 12.8. The number of nitrogens with zero attached hydrogens (tertiary/aromatic N) is 1. The SMILES string of the molecule is O=C(Nc1nccs1)C(CC1C=CC=C1)c1ccc(C[SH](=O)=O)cc1. The van der Waals surface area contributed by atoms with Gasteiger partial charge in [-0.3, -0.25) is 4.79 Å². The summed E-state index contributed by atoms with van der Waals surface area (Å²) in [5.74, 6) is -0.217. The topological polar surface area (TPSA) is 76.1 Å². The Labute approximate surface area is 152 Å². The number of aromatic nitrogens is 1. The van der Waals surface area contributed by atoms with Gasteiger partial charge in [0, 0.05) is 11.6 Å². The molecule has 1 aliphatic rings. The zero-order valence-electron chi connectivity index (χ0n) is 13.4. The summed E-state index contributed by atoms with van der Waals surface area (Å²) in [6, 6.07) is 7.21. The smallest absolute Gasteiger partial charge is 0.233 e. The number of amides is 1. The maximum Gasteiger partial charge on any atom is 0.233 e. The predicted molar refractivity (Wildman–Crippen MR) is 100 cm³/mol. The van der Waals surface area contributed by atoms with Gasteiger partial charge in [0.05, 0.1) is 11.7 Å². The molecular weight excluding hydrogens is 356 g/mol. The van der Waals surface area contributed by atoms with Crippen molar-refractivity contribution in [3.63, 3.8) is 0 Å². The molecule has 0 spiro atoms. The molecule has 7 heteroatoms. The van der Waals surface area contributed by atoms with E-state index in [0.717, 1.165) is 11.1 Å². The van der Waals surface area contributed by atoms with Gasteiger partial charge in [-0.1, -0.05) is 48.6 Å². The third-order valence-electron chi connectivity index (χ3n) is 4.01. The lowest BCUT2D eigenvalue weighted by Gasteiger charge is -2.19. The van der Waals surface area contributed by atoms with Crippen LogP contribution in [0.15, 0.2) is 60.1 Å². The summed E-state index contributed by atoms with van der Waals surface area (Å²) in [6.07, 6.45) is 10.4. The van der Waals surface area contributed by atoms with E-state index in [-0.39, 0.29) is 23.5 Å². The second kappa shape index (κ2) is 8.22. The highest BCUT2D eigenvalue weighted by Crippen LogP contribution is 2.29. The van der Waals surface area contributed by atoms with E-state index >= 15 is 0 Å². The molecule has 1 unspecified atom stereocenters. The van der Waals surface area contributed by atoms with E-state index in [1.165, 1.54) is 11.3 Å². The normalized spacial score (nSPS) is 14.9. The summed E-state index contributed by atoms with van der Waals surface area (Å²) in [5.41, 5.74) is 1.59. The highest BCUT2D eigenvalue weighted by Gasteiger charge is 2.24. The van der Waals surface area contributed by atoms with Gasteiger partial charge < -0.3 is 5.32 Å². The number of rotatable bonds is 7. The largest absolute Gasteiger partial charge is 0.301 e. The van der Waals surface area contributed by atoms with Gasteiger partial charge in [-0.15, -0.1) is 11.3 Å². The quantitative estimate of drug-likeness (QED) is 0.730. The van der Waals surface area contributed by atoms with E-state index in [4.69, 9.17) is 0 Å². The van der Waals surface area contributed by atoms with Crippen molar-refractivity contribution < 1.29 is 13.2 Å². The molecule has 1 N–H and O–H groups in total. The van der Waals surface area contributed by atoms with Crippen molar-refractivity contribution in [2.24, 2.45) is 5.92 Å². The molecule has 1 amide bonds. The van der Waals surface area contributed by atoms with Crippen LogP contribution < -0.4 is 5.32 Å². The Morgan fingerprint density at radius 1 is 1.20 bits per heavy atom. The van der Waals surface area contributed by atoms with Crippen molar-refractivity contribution in [1.82, 2.24) is 4.98 Å². The first-order valence-corrected chi connectivity index (χ1v) is 10.1. The molecule has 1 aromatic heterocycles. The van der Waals surface area contributed by atoms with Crippen LogP contribution in [0.4, 0.5) is 5.13 Å². The van der Waals surface area contributed by atoms with Crippen LogP contribution in [0.1, 0.15) is 23.5 Å². The van der Waals surface area contributed by atoms with Crippen molar-refractivity contribution in [1.29, 1.82) is 0 Å². The molecule has 1 heterocycles. The predicted octanol–water partition coefficient (Wildman–Crippen LogP) is 3.11. The van der Waals surface area contributed by atoms with E-state index in [1.54, 1.807) is 18.3 Å². The fourth-order valence-electron chi connectivity index (χ4n) is 2.78. The average molecular weight is 374 g/mol. The molecule has 0 radical (unpaired) electrons. The number of hydrogen-bond donors (Lipinski definition) is 2. The molecule has 1 aliphatic carbocycles. The van der Waals surface area contributed by atoms with E-state index in [0.29, 0.717) is 11.6 Å².